The van der Waals surface area contributed by atoms with Crippen molar-refractivity contribution in [3.05, 3.63) is 88.9 Å². The zero-order valence-corrected chi connectivity index (χ0v) is 24.3. The fraction of sp³-hybridized carbons (Fsp3) is 0.310. The summed E-state index contributed by atoms with van der Waals surface area (Å²) in [6.45, 7) is 6.50. The van der Waals surface area contributed by atoms with Crippen LogP contribution in [0.25, 0.3) is 0 Å². The zero-order valence-electron chi connectivity index (χ0n) is 22.7. The summed E-state index contributed by atoms with van der Waals surface area (Å²) in [7, 11) is -2.62. The lowest BCUT2D eigenvalue weighted by molar-refractivity contribution is -0.139. The second-order valence-electron chi connectivity index (χ2n) is 9.42. The van der Waals surface area contributed by atoms with Gasteiger partial charge < -0.3 is 15.0 Å². The number of anilines is 1. The smallest absolute Gasteiger partial charge is 0.264 e. The molecule has 8 nitrogen and oxygen atoms in total. The van der Waals surface area contributed by atoms with Crippen LogP contribution in [0.2, 0.25) is 5.02 Å². The standard InChI is InChI=1S/C29H34ClN3O5S/c1-20(2)31-29(35)22(4)32(18-23-11-9-12-24(17-23)38-5)28(34)19-33(27-16-10-15-26(30)21(27)3)39(36,37)25-13-7-6-8-14-25/h6-17,20,22H,18-19H2,1-5H3,(H,31,35)/t22-/m0/s1. The second kappa shape index (κ2) is 13.0. The van der Waals surface area contributed by atoms with E-state index in [0.29, 0.717) is 16.3 Å². The predicted octanol–water partition coefficient (Wildman–Crippen LogP) is 4.79. The number of carbonyl (C=O) groups is 2. The van der Waals surface area contributed by atoms with Crippen molar-refractivity contribution in [2.75, 3.05) is 18.0 Å². The number of methoxy groups -OCH3 is 1. The number of nitrogens with one attached hydrogen (secondary N) is 1. The van der Waals surface area contributed by atoms with Crippen LogP contribution >= 0.6 is 11.6 Å². The van der Waals surface area contributed by atoms with E-state index in [1.54, 1.807) is 75.6 Å². The van der Waals surface area contributed by atoms with Gasteiger partial charge in [-0.05, 0) is 75.2 Å². The van der Waals surface area contributed by atoms with Crippen LogP contribution in [0.5, 0.6) is 5.75 Å². The Morgan fingerprint density at radius 2 is 1.64 bits per heavy atom. The van der Waals surface area contributed by atoms with Crippen molar-refractivity contribution in [2.45, 2.75) is 51.2 Å². The Morgan fingerprint density at radius 1 is 0.974 bits per heavy atom. The van der Waals surface area contributed by atoms with Crippen LogP contribution in [0, 0.1) is 6.92 Å². The molecule has 10 heteroatoms. The predicted molar refractivity (Wildman–Crippen MR) is 153 cm³/mol. The molecule has 0 bridgehead atoms. The van der Waals surface area contributed by atoms with Gasteiger partial charge in [0.2, 0.25) is 11.8 Å². The molecular weight excluding hydrogens is 538 g/mol. The van der Waals surface area contributed by atoms with E-state index in [2.05, 4.69) is 5.32 Å². The molecule has 0 aliphatic heterocycles. The largest absolute Gasteiger partial charge is 0.497 e. The molecule has 0 spiro atoms. The number of sulfonamides is 1. The molecule has 0 saturated carbocycles. The average Bonchev–Trinajstić information content (AvgIpc) is 2.91. The van der Waals surface area contributed by atoms with E-state index in [1.165, 1.54) is 17.0 Å². The van der Waals surface area contributed by atoms with Crippen molar-refractivity contribution in [3.63, 3.8) is 0 Å². The highest BCUT2D eigenvalue weighted by molar-refractivity contribution is 7.92. The number of rotatable bonds is 11. The fourth-order valence-corrected chi connectivity index (χ4v) is 5.72. The summed E-state index contributed by atoms with van der Waals surface area (Å²) < 4.78 is 34.1. The van der Waals surface area contributed by atoms with E-state index >= 15 is 0 Å². The lowest BCUT2D eigenvalue weighted by Crippen LogP contribution is -2.52. The lowest BCUT2D eigenvalue weighted by atomic mass is 10.1. The second-order valence-corrected chi connectivity index (χ2v) is 11.7. The topological polar surface area (TPSA) is 96.0 Å². The SMILES string of the molecule is COc1cccc(CN(C(=O)CN(c2cccc(Cl)c2C)S(=O)(=O)c2ccccc2)[C@@H](C)C(=O)NC(C)C)c1. The summed E-state index contributed by atoms with van der Waals surface area (Å²) in [4.78, 5) is 28.4. The minimum absolute atomic E-state index is 0.0297. The summed E-state index contributed by atoms with van der Waals surface area (Å²) in [5.41, 5.74) is 1.51. The summed E-state index contributed by atoms with van der Waals surface area (Å²) in [6.07, 6.45) is 0. The first-order valence-electron chi connectivity index (χ1n) is 12.5. The summed E-state index contributed by atoms with van der Waals surface area (Å²) >= 11 is 6.35. The van der Waals surface area contributed by atoms with Crippen molar-refractivity contribution < 1.29 is 22.7 Å². The van der Waals surface area contributed by atoms with E-state index in [0.717, 1.165) is 9.87 Å². The van der Waals surface area contributed by atoms with Gasteiger partial charge in [0.15, 0.2) is 0 Å². The highest BCUT2D eigenvalue weighted by atomic mass is 35.5. The van der Waals surface area contributed by atoms with Crippen molar-refractivity contribution in [3.8, 4) is 5.75 Å². The van der Waals surface area contributed by atoms with E-state index in [4.69, 9.17) is 16.3 Å². The van der Waals surface area contributed by atoms with Crippen LogP contribution in [0.3, 0.4) is 0 Å². The third kappa shape index (κ3) is 7.30. The van der Waals surface area contributed by atoms with Gasteiger partial charge in [-0.2, -0.15) is 0 Å². The van der Waals surface area contributed by atoms with E-state index < -0.39 is 28.5 Å². The van der Waals surface area contributed by atoms with Gasteiger partial charge in [0.25, 0.3) is 10.0 Å². The number of amides is 2. The van der Waals surface area contributed by atoms with Gasteiger partial charge in [0.1, 0.15) is 18.3 Å². The molecule has 3 aromatic rings. The molecule has 0 aromatic heterocycles. The zero-order chi connectivity index (χ0) is 28.7. The van der Waals surface area contributed by atoms with E-state index in [1.807, 2.05) is 19.9 Å². The van der Waals surface area contributed by atoms with Gasteiger partial charge in [-0.25, -0.2) is 8.42 Å². The molecular formula is C29H34ClN3O5S. The molecule has 0 fully saturated rings. The Bertz CT molecular complexity index is 1410. The van der Waals surface area contributed by atoms with Gasteiger partial charge >= 0.3 is 0 Å². The van der Waals surface area contributed by atoms with Gasteiger partial charge in [0, 0.05) is 17.6 Å². The maximum atomic E-state index is 14.0. The Morgan fingerprint density at radius 3 is 2.28 bits per heavy atom. The van der Waals surface area contributed by atoms with Crippen LogP contribution < -0.4 is 14.4 Å². The number of hydrogen-bond acceptors (Lipinski definition) is 5. The molecule has 39 heavy (non-hydrogen) atoms. The molecule has 2 amide bonds. The van der Waals surface area contributed by atoms with Crippen LogP contribution in [-0.2, 0) is 26.2 Å². The normalized spacial score (nSPS) is 12.1. The molecule has 0 radical (unpaired) electrons. The minimum Gasteiger partial charge on any atom is -0.497 e. The fourth-order valence-electron chi connectivity index (χ4n) is 4.05. The van der Waals surface area contributed by atoms with Crippen molar-refractivity contribution in [1.82, 2.24) is 10.2 Å². The Kier molecular flexibility index (Phi) is 9.99. The first-order valence-corrected chi connectivity index (χ1v) is 14.3. The highest BCUT2D eigenvalue weighted by Crippen LogP contribution is 2.31. The average molecular weight is 572 g/mol. The van der Waals surface area contributed by atoms with Crippen molar-refractivity contribution >= 4 is 39.1 Å². The van der Waals surface area contributed by atoms with Crippen LogP contribution in [0.1, 0.15) is 31.9 Å². The number of carbonyl (C=O) groups excluding carboxylic acids is 2. The van der Waals surface area contributed by atoms with Gasteiger partial charge in [-0.3, -0.25) is 13.9 Å². The summed E-state index contributed by atoms with van der Waals surface area (Å²) in [5.74, 6) is -0.303. The molecule has 3 aromatic carbocycles. The van der Waals surface area contributed by atoms with Crippen molar-refractivity contribution in [2.24, 2.45) is 0 Å². The highest BCUT2D eigenvalue weighted by Gasteiger charge is 2.33. The number of hydrogen-bond donors (Lipinski definition) is 1. The molecule has 0 saturated heterocycles. The van der Waals surface area contributed by atoms with Crippen LogP contribution in [-0.4, -0.2) is 50.9 Å². The van der Waals surface area contributed by atoms with Gasteiger partial charge in [-0.1, -0.05) is 48.0 Å². The number of ether oxygens (including phenoxy) is 1. The molecule has 208 valence electrons. The number of nitrogens with zero attached hydrogens (tertiary/aromatic N) is 2. The summed E-state index contributed by atoms with van der Waals surface area (Å²) in [6, 6.07) is 18.9. The van der Waals surface area contributed by atoms with Gasteiger partial charge in [-0.15, -0.1) is 0 Å². The molecule has 0 heterocycles. The Balaban J connectivity index is 2.07. The molecule has 0 aliphatic rings. The monoisotopic (exact) mass is 571 g/mol. The van der Waals surface area contributed by atoms with Crippen LogP contribution in [0.15, 0.2) is 77.7 Å². The molecule has 1 N–H and O–H groups in total. The van der Waals surface area contributed by atoms with Crippen molar-refractivity contribution in [1.29, 1.82) is 0 Å². The maximum Gasteiger partial charge on any atom is 0.264 e. The summed E-state index contributed by atoms with van der Waals surface area (Å²) in [5, 5.41) is 3.20. The minimum atomic E-state index is -4.16. The van der Waals surface area contributed by atoms with Crippen LogP contribution in [0.4, 0.5) is 5.69 Å². The first-order chi connectivity index (χ1) is 18.4. The first kappa shape index (κ1) is 30.0. The molecule has 0 aliphatic carbocycles. The lowest BCUT2D eigenvalue weighted by Gasteiger charge is -2.33. The van der Waals surface area contributed by atoms with Gasteiger partial charge in [0.05, 0.1) is 17.7 Å². The number of benzene rings is 3. The quantitative estimate of drug-likeness (QED) is 0.357. The molecule has 1 atom stereocenters. The van der Waals surface area contributed by atoms with E-state index in [9.17, 15) is 18.0 Å². The third-order valence-electron chi connectivity index (χ3n) is 6.20. The number of halogens is 1. The third-order valence-corrected chi connectivity index (χ3v) is 8.39. The molecule has 3 rings (SSSR count). The maximum absolute atomic E-state index is 14.0. The Hall–Kier alpha value is -3.56. The molecule has 0 unspecified atom stereocenters. The Labute approximate surface area is 235 Å². The van der Waals surface area contributed by atoms with E-state index in [-0.39, 0.29) is 29.1 Å².